The lowest BCUT2D eigenvalue weighted by Crippen LogP contribution is -2.29. The lowest BCUT2D eigenvalue weighted by atomic mass is 9.98. The molecule has 0 spiro atoms. The van der Waals surface area contributed by atoms with Gasteiger partial charge in [-0.05, 0) is 19.4 Å². The first-order valence-corrected chi connectivity index (χ1v) is 6.42. The molecule has 2 atom stereocenters. The molecule has 1 aliphatic rings. The summed E-state index contributed by atoms with van der Waals surface area (Å²) in [5.41, 5.74) is 0.671. The lowest BCUT2D eigenvalue weighted by molar-refractivity contribution is 0.130. The molecule has 2 N–H and O–H groups in total. The maximum Gasteiger partial charge on any atom is 0.132 e. The van der Waals surface area contributed by atoms with E-state index in [-0.39, 0.29) is 6.04 Å². The van der Waals surface area contributed by atoms with Gasteiger partial charge in [0.25, 0.3) is 0 Å². The first kappa shape index (κ1) is 14.0. The van der Waals surface area contributed by atoms with E-state index in [0.29, 0.717) is 22.8 Å². The van der Waals surface area contributed by atoms with Gasteiger partial charge in [-0.25, -0.2) is 0 Å². The molecule has 1 aliphatic heterocycles. The molecule has 0 radical (unpaired) electrons. The first-order chi connectivity index (χ1) is 9.21. The highest BCUT2D eigenvalue weighted by Crippen LogP contribution is 2.40. The highest BCUT2D eigenvalue weighted by Gasteiger charge is 2.29. The van der Waals surface area contributed by atoms with Crippen LogP contribution in [0, 0.1) is 0 Å². The van der Waals surface area contributed by atoms with Crippen LogP contribution in [-0.2, 0) is 0 Å². The van der Waals surface area contributed by atoms with Gasteiger partial charge in [0.2, 0.25) is 0 Å². The minimum absolute atomic E-state index is 0.0381. The van der Waals surface area contributed by atoms with Crippen molar-refractivity contribution in [1.29, 1.82) is 0 Å². The van der Waals surface area contributed by atoms with Crippen molar-refractivity contribution < 1.29 is 19.3 Å². The average molecular weight is 267 g/mol. The van der Waals surface area contributed by atoms with E-state index in [4.69, 9.17) is 14.2 Å². The van der Waals surface area contributed by atoms with Crippen LogP contribution in [0.25, 0.3) is 0 Å². The number of hydrogen-bond acceptors (Lipinski definition) is 5. The second-order valence-corrected chi connectivity index (χ2v) is 4.59. The second kappa shape index (κ2) is 6.12. The van der Waals surface area contributed by atoms with Gasteiger partial charge in [-0.2, -0.15) is 0 Å². The van der Waals surface area contributed by atoms with Gasteiger partial charge in [0.1, 0.15) is 23.4 Å². The number of benzene rings is 1. The van der Waals surface area contributed by atoms with Crippen molar-refractivity contribution in [2.24, 2.45) is 0 Å². The molecule has 106 valence electrons. The van der Waals surface area contributed by atoms with Gasteiger partial charge in [0.05, 0.1) is 26.9 Å². The summed E-state index contributed by atoms with van der Waals surface area (Å²) in [5.74, 6) is 1.80. The van der Waals surface area contributed by atoms with Crippen molar-refractivity contribution >= 4 is 0 Å². The van der Waals surface area contributed by atoms with Crippen molar-refractivity contribution in [3.63, 3.8) is 0 Å². The van der Waals surface area contributed by atoms with Gasteiger partial charge >= 0.3 is 0 Å². The predicted octanol–water partition coefficient (Wildman–Crippen LogP) is 1.50. The number of aliphatic hydroxyl groups is 1. The highest BCUT2D eigenvalue weighted by atomic mass is 16.5. The molecule has 0 aromatic heterocycles. The fourth-order valence-corrected chi connectivity index (χ4v) is 2.51. The molecular formula is C14H21NO4. The van der Waals surface area contributed by atoms with Crippen LogP contribution in [0.2, 0.25) is 0 Å². The Balaban J connectivity index is 2.40. The summed E-state index contributed by atoms with van der Waals surface area (Å²) in [6.07, 6.45) is 1.36. The molecule has 1 fully saturated rings. The molecule has 19 heavy (non-hydrogen) atoms. The molecule has 2 rings (SSSR count). The SMILES string of the molecule is COc1cc(OC)c(C(O)C2CCCN2)c(OC)c1. The van der Waals surface area contributed by atoms with Crippen molar-refractivity contribution in [3.8, 4) is 17.2 Å². The van der Waals surface area contributed by atoms with Crippen LogP contribution in [-0.4, -0.2) is 39.0 Å². The summed E-state index contributed by atoms with van der Waals surface area (Å²) in [5, 5.41) is 13.8. The van der Waals surface area contributed by atoms with E-state index < -0.39 is 6.10 Å². The number of methoxy groups -OCH3 is 3. The lowest BCUT2D eigenvalue weighted by Gasteiger charge is -2.23. The van der Waals surface area contributed by atoms with Gasteiger partial charge in [0, 0.05) is 18.2 Å². The van der Waals surface area contributed by atoms with Crippen LogP contribution in [0.5, 0.6) is 17.2 Å². The van der Waals surface area contributed by atoms with Crippen LogP contribution in [0.4, 0.5) is 0 Å². The van der Waals surface area contributed by atoms with Gasteiger partial charge < -0.3 is 24.6 Å². The molecule has 1 heterocycles. The van der Waals surface area contributed by atoms with E-state index in [2.05, 4.69) is 5.32 Å². The van der Waals surface area contributed by atoms with Crippen LogP contribution in [0.3, 0.4) is 0 Å². The zero-order chi connectivity index (χ0) is 13.8. The zero-order valence-electron chi connectivity index (χ0n) is 11.6. The Morgan fingerprint density at radius 2 is 1.79 bits per heavy atom. The summed E-state index contributed by atoms with van der Waals surface area (Å²) >= 11 is 0. The largest absolute Gasteiger partial charge is 0.496 e. The van der Waals surface area contributed by atoms with E-state index >= 15 is 0 Å². The highest BCUT2D eigenvalue weighted by molar-refractivity contribution is 5.52. The van der Waals surface area contributed by atoms with Crippen LogP contribution < -0.4 is 19.5 Å². The molecule has 2 unspecified atom stereocenters. The first-order valence-electron chi connectivity index (χ1n) is 6.42. The zero-order valence-corrected chi connectivity index (χ0v) is 11.6. The van der Waals surface area contributed by atoms with Gasteiger partial charge in [-0.1, -0.05) is 0 Å². The summed E-state index contributed by atoms with van der Waals surface area (Å²) in [6.45, 7) is 0.933. The number of ether oxygens (including phenoxy) is 3. The predicted molar refractivity (Wildman–Crippen MR) is 72.1 cm³/mol. The summed E-state index contributed by atoms with van der Waals surface area (Å²) < 4.78 is 15.9. The molecule has 5 nitrogen and oxygen atoms in total. The topological polar surface area (TPSA) is 60.0 Å². The molecule has 1 aromatic rings. The van der Waals surface area contributed by atoms with Crippen LogP contribution in [0.15, 0.2) is 12.1 Å². The number of hydrogen-bond donors (Lipinski definition) is 2. The van der Waals surface area contributed by atoms with Gasteiger partial charge in [-0.3, -0.25) is 0 Å². The maximum atomic E-state index is 10.5. The number of rotatable bonds is 5. The minimum atomic E-state index is -0.654. The van der Waals surface area contributed by atoms with E-state index in [1.807, 2.05) is 0 Å². The quantitative estimate of drug-likeness (QED) is 0.846. The van der Waals surface area contributed by atoms with Crippen molar-refractivity contribution in [1.82, 2.24) is 5.32 Å². The fourth-order valence-electron chi connectivity index (χ4n) is 2.51. The van der Waals surface area contributed by atoms with Crippen LogP contribution >= 0.6 is 0 Å². The van der Waals surface area contributed by atoms with Crippen molar-refractivity contribution in [3.05, 3.63) is 17.7 Å². The smallest absolute Gasteiger partial charge is 0.132 e. The van der Waals surface area contributed by atoms with E-state index in [9.17, 15) is 5.11 Å². The van der Waals surface area contributed by atoms with E-state index in [0.717, 1.165) is 19.4 Å². The monoisotopic (exact) mass is 267 g/mol. The Hall–Kier alpha value is -1.46. The average Bonchev–Trinajstić information content (AvgIpc) is 2.99. The molecule has 0 amide bonds. The second-order valence-electron chi connectivity index (χ2n) is 4.59. The van der Waals surface area contributed by atoms with Crippen molar-refractivity contribution in [2.45, 2.75) is 25.0 Å². The molecular weight excluding hydrogens is 246 g/mol. The third-order valence-electron chi connectivity index (χ3n) is 3.53. The van der Waals surface area contributed by atoms with Gasteiger partial charge in [-0.15, -0.1) is 0 Å². The molecule has 0 aliphatic carbocycles. The Labute approximate surface area is 113 Å². The molecule has 5 heteroatoms. The standard InChI is InChI=1S/C14H21NO4/c1-17-9-7-11(18-2)13(12(8-9)19-3)14(16)10-5-4-6-15-10/h7-8,10,14-16H,4-6H2,1-3H3. The summed E-state index contributed by atoms with van der Waals surface area (Å²) in [4.78, 5) is 0. The fraction of sp³-hybridized carbons (Fsp3) is 0.571. The van der Waals surface area contributed by atoms with E-state index in [1.54, 1.807) is 33.5 Å². The maximum absolute atomic E-state index is 10.5. The number of nitrogens with one attached hydrogen (secondary N) is 1. The normalized spacial score (nSPS) is 20.1. The Bertz CT molecular complexity index is 404. The number of aliphatic hydroxyl groups excluding tert-OH is 1. The Morgan fingerprint density at radius 1 is 1.16 bits per heavy atom. The molecule has 0 bridgehead atoms. The Morgan fingerprint density at radius 3 is 2.21 bits per heavy atom. The van der Waals surface area contributed by atoms with Crippen molar-refractivity contribution in [2.75, 3.05) is 27.9 Å². The Kier molecular flexibility index (Phi) is 4.50. The summed E-state index contributed by atoms with van der Waals surface area (Å²) in [6, 6.07) is 3.56. The third kappa shape index (κ3) is 2.77. The minimum Gasteiger partial charge on any atom is -0.496 e. The van der Waals surface area contributed by atoms with E-state index in [1.165, 1.54) is 0 Å². The van der Waals surface area contributed by atoms with Crippen LogP contribution in [0.1, 0.15) is 24.5 Å². The molecule has 0 saturated carbocycles. The summed E-state index contributed by atoms with van der Waals surface area (Å²) in [7, 11) is 4.74. The molecule has 1 saturated heterocycles. The third-order valence-corrected chi connectivity index (χ3v) is 3.53. The molecule has 1 aromatic carbocycles. The van der Waals surface area contributed by atoms with Gasteiger partial charge in [0.15, 0.2) is 0 Å².